The van der Waals surface area contributed by atoms with Crippen molar-refractivity contribution >= 4 is 17.6 Å². The van der Waals surface area contributed by atoms with Gasteiger partial charge in [-0.2, -0.15) is 0 Å². The zero-order valence-electron chi connectivity index (χ0n) is 8.77. The first kappa shape index (κ1) is 12.0. The van der Waals surface area contributed by atoms with Crippen molar-refractivity contribution in [3.8, 4) is 0 Å². The molecule has 1 aromatic carbocycles. The second kappa shape index (κ2) is 3.81. The number of aromatic carboxylic acids is 1. The van der Waals surface area contributed by atoms with Gasteiger partial charge in [0.25, 0.3) is 0 Å². The molecule has 0 heterocycles. The number of halogens is 2. The Morgan fingerprint density at radius 1 is 1.40 bits per heavy atom. The predicted octanol–water partition coefficient (Wildman–Crippen LogP) is 3.47. The molecule has 2 nitrogen and oxygen atoms in total. The van der Waals surface area contributed by atoms with E-state index in [1.54, 1.807) is 20.8 Å². The Balaban J connectivity index is 3.51. The highest BCUT2D eigenvalue weighted by Gasteiger charge is 2.25. The largest absolute Gasteiger partial charge is 0.478 e. The molecule has 1 aromatic rings. The van der Waals surface area contributed by atoms with Crippen LogP contribution in [-0.2, 0) is 5.41 Å². The number of rotatable bonds is 1. The third-order valence-corrected chi connectivity index (χ3v) is 2.46. The van der Waals surface area contributed by atoms with Crippen LogP contribution in [-0.4, -0.2) is 11.1 Å². The van der Waals surface area contributed by atoms with Crippen molar-refractivity contribution in [2.75, 3.05) is 0 Å². The highest BCUT2D eigenvalue weighted by atomic mass is 35.5. The minimum absolute atomic E-state index is 0.0185. The van der Waals surface area contributed by atoms with Gasteiger partial charge in [0.15, 0.2) is 0 Å². The molecule has 0 amide bonds. The second-order valence-electron chi connectivity index (χ2n) is 4.34. The lowest BCUT2D eigenvalue weighted by atomic mass is 9.85. The summed E-state index contributed by atoms with van der Waals surface area (Å²) in [5.74, 6) is -1.62. The molecule has 4 heteroatoms. The summed E-state index contributed by atoms with van der Waals surface area (Å²) in [6, 6.07) is 2.31. The molecular formula is C11H12ClFO2. The Labute approximate surface area is 92.7 Å². The fourth-order valence-corrected chi connectivity index (χ4v) is 1.92. The zero-order valence-corrected chi connectivity index (χ0v) is 9.52. The number of hydrogen-bond acceptors (Lipinski definition) is 1. The SMILES string of the molecule is CC(C)(C)c1c(F)ccc(C(=O)O)c1Cl. The first-order chi connectivity index (χ1) is 6.75. The van der Waals surface area contributed by atoms with E-state index >= 15 is 0 Å². The summed E-state index contributed by atoms with van der Waals surface area (Å²) in [6.07, 6.45) is 0. The zero-order chi connectivity index (χ0) is 11.8. The lowest BCUT2D eigenvalue weighted by Crippen LogP contribution is -2.16. The van der Waals surface area contributed by atoms with Gasteiger partial charge in [0.1, 0.15) is 5.82 Å². The minimum atomic E-state index is -1.15. The summed E-state index contributed by atoms with van der Waals surface area (Å²) in [6.45, 7) is 5.34. The van der Waals surface area contributed by atoms with Crippen LogP contribution in [0.25, 0.3) is 0 Å². The van der Waals surface area contributed by atoms with Gasteiger partial charge in [-0.05, 0) is 17.5 Å². The summed E-state index contributed by atoms with van der Waals surface area (Å²) in [4.78, 5) is 10.8. The third kappa shape index (κ3) is 2.29. The Morgan fingerprint density at radius 3 is 2.33 bits per heavy atom. The van der Waals surface area contributed by atoms with Crippen LogP contribution < -0.4 is 0 Å². The summed E-state index contributed by atoms with van der Waals surface area (Å²) >= 11 is 5.87. The van der Waals surface area contributed by atoms with Crippen LogP contribution in [0.3, 0.4) is 0 Å². The number of carboxylic acids is 1. The first-order valence-corrected chi connectivity index (χ1v) is 4.84. The van der Waals surface area contributed by atoms with E-state index in [9.17, 15) is 9.18 Å². The van der Waals surface area contributed by atoms with Gasteiger partial charge in [0.05, 0.1) is 10.6 Å². The summed E-state index contributed by atoms with van der Waals surface area (Å²) in [5, 5.41) is 8.82. The maximum Gasteiger partial charge on any atom is 0.337 e. The molecule has 0 bridgehead atoms. The van der Waals surface area contributed by atoms with Crippen LogP contribution >= 0.6 is 11.6 Å². The fourth-order valence-electron chi connectivity index (χ4n) is 1.41. The van der Waals surface area contributed by atoms with Gasteiger partial charge >= 0.3 is 5.97 Å². The smallest absolute Gasteiger partial charge is 0.337 e. The molecule has 82 valence electrons. The van der Waals surface area contributed by atoms with Crippen molar-refractivity contribution in [1.29, 1.82) is 0 Å². The number of carbonyl (C=O) groups is 1. The third-order valence-electron chi connectivity index (χ3n) is 2.07. The van der Waals surface area contributed by atoms with Crippen molar-refractivity contribution in [2.24, 2.45) is 0 Å². The monoisotopic (exact) mass is 230 g/mol. The summed E-state index contributed by atoms with van der Waals surface area (Å²) < 4.78 is 13.5. The Bertz CT molecular complexity index is 408. The average molecular weight is 231 g/mol. The van der Waals surface area contributed by atoms with Gasteiger partial charge in [0.2, 0.25) is 0 Å². The van der Waals surface area contributed by atoms with Gasteiger partial charge in [0, 0.05) is 5.56 Å². The molecule has 1 rings (SSSR count). The molecule has 0 unspecified atom stereocenters. The second-order valence-corrected chi connectivity index (χ2v) is 4.72. The van der Waals surface area contributed by atoms with Gasteiger partial charge < -0.3 is 5.11 Å². The molecule has 0 spiro atoms. The molecule has 0 atom stereocenters. The van der Waals surface area contributed by atoms with Crippen LogP contribution in [0.5, 0.6) is 0 Å². The van der Waals surface area contributed by atoms with Crippen LogP contribution in [0.15, 0.2) is 12.1 Å². The molecule has 0 fully saturated rings. The summed E-state index contributed by atoms with van der Waals surface area (Å²) in [5.41, 5.74) is -0.348. The topological polar surface area (TPSA) is 37.3 Å². The van der Waals surface area contributed by atoms with Crippen LogP contribution in [0.2, 0.25) is 5.02 Å². The molecule has 0 saturated heterocycles. The predicted molar refractivity (Wildman–Crippen MR) is 57.1 cm³/mol. The van der Waals surface area contributed by atoms with Crippen LogP contribution in [0.4, 0.5) is 4.39 Å². The fraction of sp³-hybridized carbons (Fsp3) is 0.364. The number of benzene rings is 1. The van der Waals surface area contributed by atoms with E-state index in [1.807, 2.05) is 0 Å². The molecule has 0 saturated carbocycles. The van der Waals surface area contributed by atoms with Gasteiger partial charge in [-0.1, -0.05) is 32.4 Å². The van der Waals surface area contributed by atoms with Gasteiger partial charge in [-0.3, -0.25) is 0 Å². The molecule has 0 radical (unpaired) electrons. The van der Waals surface area contributed by atoms with Crippen molar-refractivity contribution in [2.45, 2.75) is 26.2 Å². The van der Waals surface area contributed by atoms with Crippen LogP contribution in [0, 0.1) is 5.82 Å². The lowest BCUT2D eigenvalue weighted by molar-refractivity contribution is 0.0697. The van der Waals surface area contributed by atoms with Crippen LogP contribution in [0.1, 0.15) is 36.7 Å². The van der Waals surface area contributed by atoms with Crippen molar-refractivity contribution in [3.63, 3.8) is 0 Å². The lowest BCUT2D eigenvalue weighted by Gasteiger charge is -2.22. The molecule has 15 heavy (non-hydrogen) atoms. The standard InChI is InChI=1S/C11H12ClFO2/c1-11(2,3)8-7(13)5-4-6(9(8)12)10(14)15/h4-5H,1-3H3,(H,14,15). The van der Waals surface area contributed by atoms with Crippen molar-refractivity contribution in [3.05, 3.63) is 34.1 Å². The first-order valence-electron chi connectivity index (χ1n) is 4.47. The average Bonchev–Trinajstić information content (AvgIpc) is 2.00. The molecule has 0 aliphatic rings. The molecule has 0 aromatic heterocycles. The quantitative estimate of drug-likeness (QED) is 0.802. The van der Waals surface area contributed by atoms with Gasteiger partial charge in [-0.25, -0.2) is 9.18 Å². The van der Waals surface area contributed by atoms with Crippen molar-refractivity contribution < 1.29 is 14.3 Å². The maximum absolute atomic E-state index is 13.5. The van der Waals surface area contributed by atoms with E-state index in [0.29, 0.717) is 0 Å². The molecule has 0 aliphatic carbocycles. The van der Waals surface area contributed by atoms with E-state index in [-0.39, 0.29) is 16.1 Å². The van der Waals surface area contributed by atoms with E-state index < -0.39 is 17.2 Å². The summed E-state index contributed by atoms with van der Waals surface area (Å²) in [7, 11) is 0. The highest BCUT2D eigenvalue weighted by Crippen LogP contribution is 2.34. The highest BCUT2D eigenvalue weighted by molar-refractivity contribution is 6.34. The van der Waals surface area contributed by atoms with E-state index in [0.717, 1.165) is 6.07 Å². The Kier molecular flexibility index (Phi) is 3.05. The minimum Gasteiger partial charge on any atom is -0.478 e. The molecule has 0 aliphatic heterocycles. The maximum atomic E-state index is 13.5. The van der Waals surface area contributed by atoms with Gasteiger partial charge in [-0.15, -0.1) is 0 Å². The van der Waals surface area contributed by atoms with E-state index in [1.165, 1.54) is 6.07 Å². The molecular weight excluding hydrogens is 219 g/mol. The normalized spacial score (nSPS) is 11.5. The number of carboxylic acid groups (broad SMARTS) is 1. The van der Waals surface area contributed by atoms with E-state index in [4.69, 9.17) is 16.7 Å². The Morgan fingerprint density at radius 2 is 1.93 bits per heavy atom. The number of hydrogen-bond donors (Lipinski definition) is 1. The van der Waals surface area contributed by atoms with E-state index in [2.05, 4.69) is 0 Å². The Hall–Kier alpha value is -1.09. The van der Waals surface area contributed by atoms with Crippen molar-refractivity contribution in [1.82, 2.24) is 0 Å². The molecule has 1 N–H and O–H groups in total.